The summed E-state index contributed by atoms with van der Waals surface area (Å²) in [5, 5.41) is 3.01. The van der Waals surface area contributed by atoms with Gasteiger partial charge in [-0.05, 0) is 43.0 Å². The van der Waals surface area contributed by atoms with E-state index in [-0.39, 0.29) is 10.8 Å². The second-order valence-electron chi connectivity index (χ2n) is 6.08. The minimum absolute atomic E-state index is 0.0990. The highest BCUT2D eigenvalue weighted by Crippen LogP contribution is 2.39. The zero-order valence-electron chi connectivity index (χ0n) is 12.6. The Balaban J connectivity index is 2.01. The van der Waals surface area contributed by atoms with Crippen molar-refractivity contribution in [3.63, 3.8) is 0 Å². The van der Waals surface area contributed by atoms with Gasteiger partial charge in [0.15, 0.2) is 0 Å². The summed E-state index contributed by atoms with van der Waals surface area (Å²) in [4.78, 5) is 25.0. The Hall–Kier alpha value is -1.60. The van der Waals surface area contributed by atoms with Crippen LogP contribution in [0.5, 0.6) is 0 Å². The smallest absolute Gasteiger partial charge is 0.322 e. The highest BCUT2D eigenvalue weighted by molar-refractivity contribution is 7.90. The predicted molar refractivity (Wildman–Crippen MR) is 84.4 cm³/mol. The third-order valence-electron chi connectivity index (χ3n) is 4.73. The van der Waals surface area contributed by atoms with Crippen molar-refractivity contribution in [3.8, 4) is 0 Å². The topological polar surface area (TPSA) is 83.6 Å². The van der Waals surface area contributed by atoms with Gasteiger partial charge in [0.25, 0.3) is 15.9 Å². The summed E-state index contributed by atoms with van der Waals surface area (Å²) >= 11 is 5.76. The number of carbonyl (C=O) groups is 2. The molecule has 1 saturated carbocycles. The van der Waals surface area contributed by atoms with E-state index in [1.165, 1.54) is 24.3 Å². The largest absolute Gasteiger partial charge is 0.339 e. The number of nitrogens with one attached hydrogen (secondary N) is 1. The van der Waals surface area contributed by atoms with Crippen LogP contribution in [-0.2, 0) is 14.8 Å². The monoisotopic (exact) mass is 356 g/mol. The van der Waals surface area contributed by atoms with Crippen LogP contribution < -0.4 is 5.32 Å². The zero-order chi connectivity index (χ0) is 16.8. The molecule has 6 nitrogen and oxygen atoms in total. The number of urea groups is 1. The zero-order valence-corrected chi connectivity index (χ0v) is 14.2. The predicted octanol–water partition coefficient (Wildman–Crippen LogP) is 2.53. The number of rotatable bonds is 2. The number of imide groups is 1. The summed E-state index contributed by atoms with van der Waals surface area (Å²) < 4.78 is 25.8. The van der Waals surface area contributed by atoms with Crippen LogP contribution in [0.3, 0.4) is 0 Å². The fourth-order valence-corrected chi connectivity index (χ4v) is 4.81. The lowest BCUT2D eigenvalue weighted by Crippen LogP contribution is -2.54. The molecule has 1 heterocycles. The van der Waals surface area contributed by atoms with Crippen molar-refractivity contribution < 1.29 is 18.0 Å². The molecule has 3 amide bonds. The fourth-order valence-electron chi connectivity index (χ4n) is 3.35. The second kappa shape index (κ2) is 5.49. The van der Waals surface area contributed by atoms with Gasteiger partial charge < -0.3 is 5.32 Å². The van der Waals surface area contributed by atoms with E-state index in [0.717, 1.165) is 19.3 Å². The third-order valence-corrected chi connectivity index (χ3v) is 6.66. The van der Waals surface area contributed by atoms with Gasteiger partial charge >= 0.3 is 6.03 Å². The maximum atomic E-state index is 12.8. The molecule has 1 aromatic carbocycles. The number of hydrogen-bond acceptors (Lipinski definition) is 4. The number of halogens is 1. The number of hydrogen-bond donors (Lipinski definition) is 1. The van der Waals surface area contributed by atoms with Crippen LogP contribution >= 0.6 is 11.6 Å². The van der Waals surface area contributed by atoms with E-state index < -0.39 is 27.5 Å². The van der Waals surface area contributed by atoms with E-state index in [1.807, 2.05) is 6.92 Å². The molecule has 1 aromatic rings. The number of nitrogens with zero attached hydrogens (tertiary/aromatic N) is 1. The molecule has 1 spiro atoms. The molecule has 1 saturated heterocycles. The van der Waals surface area contributed by atoms with Gasteiger partial charge in [-0.15, -0.1) is 4.31 Å². The molecule has 2 unspecified atom stereocenters. The van der Waals surface area contributed by atoms with Gasteiger partial charge in [-0.3, -0.25) is 4.79 Å². The molecule has 1 aliphatic heterocycles. The second-order valence-corrected chi connectivity index (χ2v) is 8.30. The van der Waals surface area contributed by atoms with Gasteiger partial charge in [-0.1, -0.05) is 31.4 Å². The summed E-state index contributed by atoms with van der Waals surface area (Å²) in [6.45, 7) is 1.87. The Kier molecular flexibility index (Phi) is 3.88. The number of sulfonamides is 1. The van der Waals surface area contributed by atoms with Gasteiger partial charge in [0.2, 0.25) is 0 Å². The minimum Gasteiger partial charge on any atom is -0.322 e. The van der Waals surface area contributed by atoms with E-state index in [2.05, 4.69) is 5.32 Å². The first-order valence-corrected chi connectivity index (χ1v) is 9.28. The van der Waals surface area contributed by atoms with Crippen LogP contribution in [0, 0.1) is 5.92 Å². The Labute approximate surface area is 139 Å². The molecule has 2 aliphatic rings. The summed E-state index contributed by atoms with van der Waals surface area (Å²) in [5.41, 5.74) is -1.10. The number of benzene rings is 1. The summed E-state index contributed by atoms with van der Waals surface area (Å²) in [6.07, 6.45) is 2.99. The van der Waals surface area contributed by atoms with Crippen LogP contribution in [-0.4, -0.2) is 30.2 Å². The maximum Gasteiger partial charge on any atom is 0.339 e. The van der Waals surface area contributed by atoms with Crippen LogP contribution in [0.25, 0.3) is 0 Å². The molecule has 0 bridgehead atoms. The van der Waals surface area contributed by atoms with Gasteiger partial charge in [0.1, 0.15) is 5.54 Å². The standard InChI is InChI=1S/C15H17ClN2O4S/c1-10-4-2-3-9-15(10)13(19)18(14(20)17-15)23(21,22)12-7-5-11(16)6-8-12/h5-8,10H,2-4,9H2,1H3,(H,17,20). The van der Waals surface area contributed by atoms with E-state index >= 15 is 0 Å². The van der Waals surface area contributed by atoms with Gasteiger partial charge in [0.05, 0.1) is 4.90 Å². The van der Waals surface area contributed by atoms with Crippen LogP contribution in [0.1, 0.15) is 32.6 Å². The molecule has 0 aromatic heterocycles. The van der Waals surface area contributed by atoms with E-state index in [1.54, 1.807) is 0 Å². The number of carbonyl (C=O) groups excluding carboxylic acids is 2. The minimum atomic E-state index is -4.24. The van der Waals surface area contributed by atoms with Crippen molar-refractivity contribution >= 4 is 33.6 Å². The van der Waals surface area contributed by atoms with Crippen molar-refractivity contribution in [2.45, 2.75) is 43.0 Å². The average molecular weight is 357 g/mol. The molecule has 2 atom stereocenters. The fraction of sp³-hybridized carbons (Fsp3) is 0.467. The highest BCUT2D eigenvalue weighted by atomic mass is 35.5. The average Bonchev–Trinajstić information content (AvgIpc) is 2.75. The quantitative estimate of drug-likeness (QED) is 0.825. The summed E-state index contributed by atoms with van der Waals surface area (Å²) in [5.74, 6) is -0.775. The first kappa shape index (κ1) is 16.3. The number of amides is 3. The van der Waals surface area contributed by atoms with E-state index in [9.17, 15) is 18.0 Å². The summed E-state index contributed by atoms with van der Waals surface area (Å²) in [6, 6.07) is 4.51. The highest BCUT2D eigenvalue weighted by Gasteiger charge is 2.58. The van der Waals surface area contributed by atoms with E-state index in [4.69, 9.17) is 11.6 Å². The van der Waals surface area contributed by atoms with Gasteiger partial charge in [-0.2, -0.15) is 0 Å². The lowest BCUT2D eigenvalue weighted by molar-refractivity contribution is -0.130. The summed E-state index contributed by atoms with van der Waals surface area (Å²) in [7, 11) is -4.24. The maximum absolute atomic E-state index is 12.8. The first-order valence-electron chi connectivity index (χ1n) is 7.46. The molecule has 0 radical (unpaired) electrons. The van der Waals surface area contributed by atoms with Crippen molar-refractivity contribution in [2.75, 3.05) is 0 Å². The Bertz CT molecular complexity index is 762. The Morgan fingerprint density at radius 2 is 1.87 bits per heavy atom. The van der Waals surface area contributed by atoms with E-state index in [0.29, 0.717) is 15.7 Å². The third kappa shape index (κ3) is 2.42. The molecule has 23 heavy (non-hydrogen) atoms. The first-order chi connectivity index (χ1) is 10.8. The Morgan fingerprint density at radius 3 is 2.48 bits per heavy atom. The molecule has 124 valence electrons. The molecular formula is C15H17ClN2O4S. The lowest BCUT2D eigenvalue weighted by Gasteiger charge is -2.36. The molecule has 3 rings (SSSR count). The Morgan fingerprint density at radius 1 is 1.22 bits per heavy atom. The normalized spacial score (nSPS) is 28.3. The molecule has 2 fully saturated rings. The van der Waals surface area contributed by atoms with Crippen LogP contribution in [0.15, 0.2) is 29.2 Å². The molecule has 1 aliphatic carbocycles. The van der Waals surface area contributed by atoms with Crippen molar-refractivity contribution in [1.82, 2.24) is 9.62 Å². The van der Waals surface area contributed by atoms with Crippen molar-refractivity contribution in [3.05, 3.63) is 29.3 Å². The lowest BCUT2D eigenvalue weighted by atomic mass is 9.74. The SMILES string of the molecule is CC1CCCCC12NC(=O)N(S(=O)(=O)c1ccc(Cl)cc1)C2=O. The van der Waals surface area contributed by atoms with Crippen molar-refractivity contribution in [1.29, 1.82) is 0 Å². The molecule has 8 heteroatoms. The van der Waals surface area contributed by atoms with Crippen LogP contribution in [0.4, 0.5) is 4.79 Å². The molecule has 1 N–H and O–H groups in total. The van der Waals surface area contributed by atoms with Gasteiger partial charge in [-0.25, -0.2) is 13.2 Å². The van der Waals surface area contributed by atoms with Gasteiger partial charge in [0, 0.05) is 5.02 Å². The molecular weight excluding hydrogens is 340 g/mol. The van der Waals surface area contributed by atoms with Crippen LogP contribution in [0.2, 0.25) is 5.02 Å². The van der Waals surface area contributed by atoms with Crippen molar-refractivity contribution in [2.24, 2.45) is 5.92 Å².